The molecule has 0 saturated heterocycles. The van der Waals surface area contributed by atoms with Gasteiger partial charge in [-0.3, -0.25) is 4.79 Å². The van der Waals surface area contributed by atoms with Crippen molar-refractivity contribution in [2.45, 2.75) is 6.92 Å². The molecule has 0 unspecified atom stereocenters. The van der Waals surface area contributed by atoms with Crippen LogP contribution in [0, 0.1) is 6.92 Å². The number of thiazole rings is 1. The third kappa shape index (κ3) is 4.08. The van der Waals surface area contributed by atoms with Crippen LogP contribution in [0.5, 0.6) is 0 Å². The highest BCUT2D eigenvalue weighted by atomic mass is 79.9. The Morgan fingerprint density at radius 3 is 2.32 bits per heavy atom. The average molecular weight is 416 g/mol. The van der Waals surface area contributed by atoms with Crippen LogP contribution in [0.4, 0.5) is 16.6 Å². The third-order valence-electron chi connectivity index (χ3n) is 3.65. The molecule has 4 nitrogen and oxygen atoms in total. The average Bonchev–Trinajstić information content (AvgIpc) is 3.01. The van der Waals surface area contributed by atoms with Crippen LogP contribution in [0.2, 0.25) is 0 Å². The van der Waals surface area contributed by atoms with Crippen LogP contribution in [0.3, 0.4) is 0 Å². The van der Waals surface area contributed by atoms with Gasteiger partial charge in [-0.1, -0.05) is 45.0 Å². The lowest BCUT2D eigenvalue weighted by Gasteiger charge is -2.10. The van der Waals surface area contributed by atoms with Crippen LogP contribution in [-0.2, 0) is 0 Å². The summed E-state index contributed by atoms with van der Waals surface area (Å²) in [5, 5.41) is 3.99. The highest BCUT2D eigenvalue weighted by molar-refractivity contribution is 9.10. The van der Waals surface area contributed by atoms with E-state index < -0.39 is 0 Å². The Hall–Kier alpha value is -2.18. The number of hydrogen-bond acceptors (Lipinski definition) is 5. The van der Waals surface area contributed by atoms with Crippen molar-refractivity contribution in [3.8, 4) is 0 Å². The summed E-state index contributed by atoms with van der Waals surface area (Å²) >= 11 is 4.76. The van der Waals surface area contributed by atoms with Gasteiger partial charge in [0.05, 0.1) is 0 Å². The summed E-state index contributed by atoms with van der Waals surface area (Å²) < 4.78 is 0.947. The third-order valence-corrected chi connectivity index (χ3v) is 5.14. The van der Waals surface area contributed by atoms with Crippen molar-refractivity contribution in [1.29, 1.82) is 0 Å². The van der Waals surface area contributed by atoms with E-state index in [0.717, 1.165) is 10.2 Å². The maximum absolute atomic E-state index is 12.9. The van der Waals surface area contributed by atoms with Gasteiger partial charge in [-0.25, -0.2) is 4.98 Å². The first kappa shape index (κ1) is 17.6. The van der Waals surface area contributed by atoms with E-state index in [9.17, 15) is 4.79 Å². The van der Waals surface area contributed by atoms with Crippen LogP contribution < -0.4 is 10.2 Å². The molecule has 0 atom stereocenters. The Balaban J connectivity index is 1.93. The molecule has 3 rings (SSSR count). The minimum atomic E-state index is -0.0225. The number of aryl methyl sites for hydroxylation is 1. The van der Waals surface area contributed by atoms with Crippen molar-refractivity contribution in [2.75, 3.05) is 24.3 Å². The van der Waals surface area contributed by atoms with Gasteiger partial charge >= 0.3 is 0 Å². The van der Waals surface area contributed by atoms with E-state index in [4.69, 9.17) is 0 Å². The van der Waals surface area contributed by atoms with Gasteiger partial charge in [-0.15, -0.1) is 0 Å². The number of nitrogens with one attached hydrogen (secondary N) is 1. The van der Waals surface area contributed by atoms with Gasteiger partial charge in [-0.2, -0.15) is 0 Å². The summed E-state index contributed by atoms with van der Waals surface area (Å²) in [5.74, 6) is 0.651. The summed E-state index contributed by atoms with van der Waals surface area (Å²) in [7, 11) is 3.78. The summed E-state index contributed by atoms with van der Waals surface area (Å²) in [6.07, 6.45) is 0. The number of hydrogen-bond donors (Lipinski definition) is 1. The number of carbonyl (C=O) groups excluding carboxylic acids is 1. The molecule has 1 N–H and O–H groups in total. The van der Waals surface area contributed by atoms with Crippen LogP contribution in [0.1, 0.15) is 20.8 Å². The number of aromatic nitrogens is 1. The Labute approximate surface area is 159 Å². The maximum Gasteiger partial charge on any atom is 0.206 e. The number of anilines is 3. The smallest absolute Gasteiger partial charge is 0.206 e. The summed E-state index contributed by atoms with van der Waals surface area (Å²) in [6.45, 7) is 2.05. The van der Waals surface area contributed by atoms with Gasteiger partial charge in [0, 0.05) is 29.8 Å². The first-order valence-corrected chi connectivity index (χ1v) is 9.37. The first-order valence-electron chi connectivity index (χ1n) is 7.76. The predicted octanol–water partition coefficient (Wildman–Crippen LogP) is 5.25. The highest BCUT2D eigenvalue weighted by Crippen LogP contribution is 2.33. The SMILES string of the molecule is Cc1ccc(Nc2nc(N(C)C)c(C(=O)c3ccc(Br)cc3)s2)cc1. The Bertz CT molecular complexity index is 886. The quantitative estimate of drug-likeness (QED) is 0.577. The molecule has 0 aliphatic rings. The van der Waals surface area contributed by atoms with Gasteiger partial charge in [0.25, 0.3) is 0 Å². The largest absolute Gasteiger partial charge is 0.361 e. The lowest BCUT2D eigenvalue weighted by Crippen LogP contribution is -2.13. The van der Waals surface area contributed by atoms with Crippen LogP contribution in [0.25, 0.3) is 0 Å². The van der Waals surface area contributed by atoms with E-state index in [1.807, 2.05) is 74.4 Å². The highest BCUT2D eigenvalue weighted by Gasteiger charge is 2.21. The molecule has 128 valence electrons. The number of carbonyl (C=O) groups is 1. The van der Waals surface area contributed by atoms with E-state index in [2.05, 4.69) is 26.2 Å². The van der Waals surface area contributed by atoms with Crippen molar-refractivity contribution in [3.05, 3.63) is 69.0 Å². The zero-order valence-electron chi connectivity index (χ0n) is 14.2. The number of nitrogens with zero attached hydrogens (tertiary/aromatic N) is 2. The van der Waals surface area contributed by atoms with Crippen LogP contribution in [0.15, 0.2) is 53.0 Å². The Kier molecular flexibility index (Phi) is 5.20. The van der Waals surface area contributed by atoms with Gasteiger partial charge in [0.1, 0.15) is 4.88 Å². The zero-order chi connectivity index (χ0) is 18.0. The summed E-state index contributed by atoms with van der Waals surface area (Å²) in [4.78, 5) is 20.0. The molecule has 0 aliphatic carbocycles. The minimum Gasteiger partial charge on any atom is -0.361 e. The fourth-order valence-electron chi connectivity index (χ4n) is 2.31. The molecule has 0 spiro atoms. The molecule has 2 aromatic carbocycles. The first-order chi connectivity index (χ1) is 11.9. The van der Waals surface area contributed by atoms with Gasteiger partial charge in [0.2, 0.25) is 5.78 Å². The standard InChI is InChI=1S/C19H18BrN3OS/c1-12-4-10-15(11-5-12)21-19-22-18(23(2)3)17(25-19)16(24)13-6-8-14(20)9-7-13/h4-11H,1-3H3,(H,21,22). The second kappa shape index (κ2) is 7.37. The van der Waals surface area contributed by atoms with Crippen molar-refractivity contribution in [3.63, 3.8) is 0 Å². The Morgan fingerprint density at radius 2 is 1.72 bits per heavy atom. The fourth-order valence-corrected chi connectivity index (χ4v) is 3.60. The van der Waals surface area contributed by atoms with Gasteiger partial charge in [-0.05, 0) is 43.3 Å². The zero-order valence-corrected chi connectivity index (χ0v) is 16.6. The van der Waals surface area contributed by atoms with Crippen molar-refractivity contribution >= 4 is 49.7 Å². The van der Waals surface area contributed by atoms with Crippen LogP contribution >= 0.6 is 27.3 Å². The molecule has 25 heavy (non-hydrogen) atoms. The van der Waals surface area contributed by atoms with Crippen molar-refractivity contribution in [1.82, 2.24) is 4.98 Å². The molecular formula is C19H18BrN3OS. The maximum atomic E-state index is 12.9. The molecular weight excluding hydrogens is 398 g/mol. The summed E-state index contributed by atoms with van der Waals surface area (Å²) in [6, 6.07) is 15.5. The lowest BCUT2D eigenvalue weighted by molar-refractivity contribution is 0.104. The second-order valence-electron chi connectivity index (χ2n) is 5.89. The van der Waals surface area contributed by atoms with E-state index >= 15 is 0 Å². The molecule has 0 aliphatic heterocycles. The van der Waals surface area contributed by atoms with Crippen molar-refractivity contribution < 1.29 is 4.79 Å². The van der Waals surface area contributed by atoms with Crippen molar-refractivity contribution in [2.24, 2.45) is 0 Å². The van der Waals surface area contributed by atoms with E-state index in [1.54, 1.807) is 0 Å². The molecule has 3 aromatic rings. The van der Waals surface area contributed by atoms with Gasteiger partial charge in [0.15, 0.2) is 10.9 Å². The lowest BCUT2D eigenvalue weighted by atomic mass is 10.1. The molecule has 1 heterocycles. The monoisotopic (exact) mass is 415 g/mol. The number of halogens is 1. The second-order valence-corrected chi connectivity index (χ2v) is 7.81. The minimum absolute atomic E-state index is 0.0225. The van der Waals surface area contributed by atoms with E-state index in [1.165, 1.54) is 16.9 Å². The number of rotatable bonds is 5. The molecule has 0 radical (unpaired) electrons. The Morgan fingerprint density at radius 1 is 1.08 bits per heavy atom. The topological polar surface area (TPSA) is 45.2 Å². The molecule has 0 bridgehead atoms. The summed E-state index contributed by atoms with van der Waals surface area (Å²) in [5.41, 5.74) is 2.80. The number of benzene rings is 2. The van der Waals surface area contributed by atoms with Crippen LogP contribution in [-0.4, -0.2) is 24.9 Å². The molecule has 0 amide bonds. The predicted molar refractivity (Wildman–Crippen MR) is 108 cm³/mol. The molecule has 0 fully saturated rings. The molecule has 0 saturated carbocycles. The number of ketones is 1. The normalized spacial score (nSPS) is 10.6. The molecule has 6 heteroatoms. The van der Waals surface area contributed by atoms with Gasteiger partial charge < -0.3 is 10.2 Å². The fraction of sp³-hybridized carbons (Fsp3) is 0.158. The van der Waals surface area contributed by atoms with E-state index in [-0.39, 0.29) is 5.78 Å². The van der Waals surface area contributed by atoms with E-state index in [0.29, 0.717) is 21.4 Å². The molecule has 1 aromatic heterocycles.